The zero-order valence-corrected chi connectivity index (χ0v) is 10.8. The lowest BCUT2D eigenvalue weighted by molar-refractivity contribution is 0.438. The number of nitrogens with two attached hydrogens (primary N) is 1. The highest BCUT2D eigenvalue weighted by atomic mass is 32.1. The summed E-state index contributed by atoms with van der Waals surface area (Å²) < 4.78 is 1.19. The lowest BCUT2D eigenvalue weighted by Crippen LogP contribution is -2.32. The zero-order chi connectivity index (χ0) is 11.8. The first-order chi connectivity index (χ1) is 8.22. The second kappa shape index (κ2) is 4.18. The van der Waals surface area contributed by atoms with Gasteiger partial charge >= 0.3 is 0 Å². The van der Waals surface area contributed by atoms with Crippen LogP contribution in [-0.4, -0.2) is 18.1 Å². The molecule has 0 bridgehead atoms. The predicted molar refractivity (Wildman–Crippen MR) is 74.6 cm³/mol. The summed E-state index contributed by atoms with van der Waals surface area (Å²) in [6.45, 7) is 4.67. The number of rotatable bonds is 1. The van der Waals surface area contributed by atoms with Gasteiger partial charge in [0.15, 0.2) is 5.13 Å². The summed E-state index contributed by atoms with van der Waals surface area (Å²) in [7, 11) is 0. The van der Waals surface area contributed by atoms with Crippen LogP contribution in [0.4, 0.5) is 10.8 Å². The number of hydrogen-bond donors (Lipinski definition) is 1. The first-order valence-electron chi connectivity index (χ1n) is 6.13. The van der Waals surface area contributed by atoms with Crippen LogP contribution in [0.25, 0.3) is 10.2 Å². The minimum absolute atomic E-state index is 0.657. The normalized spacial score (nSPS) is 17.8. The van der Waals surface area contributed by atoms with Gasteiger partial charge in [0.2, 0.25) is 0 Å². The number of anilines is 2. The van der Waals surface area contributed by atoms with E-state index >= 15 is 0 Å². The number of benzene rings is 1. The SMILES string of the molecule is CC1CCN(c2ccc3nc(N)sc3c2)CC1. The van der Waals surface area contributed by atoms with E-state index in [4.69, 9.17) is 5.73 Å². The molecule has 1 aliphatic rings. The largest absolute Gasteiger partial charge is 0.375 e. The van der Waals surface area contributed by atoms with E-state index in [0.717, 1.165) is 11.4 Å². The molecule has 2 aromatic rings. The monoisotopic (exact) mass is 247 g/mol. The van der Waals surface area contributed by atoms with Crippen molar-refractivity contribution in [3.8, 4) is 0 Å². The predicted octanol–water partition coefficient (Wildman–Crippen LogP) is 3.11. The maximum absolute atomic E-state index is 5.73. The summed E-state index contributed by atoms with van der Waals surface area (Å²) in [5.74, 6) is 0.869. The highest BCUT2D eigenvalue weighted by Gasteiger charge is 2.16. The molecule has 1 fully saturated rings. The number of aromatic nitrogens is 1. The molecule has 0 atom stereocenters. The van der Waals surface area contributed by atoms with Crippen molar-refractivity contribution in [2.24, 2.45) is 5.92 Å². The van der Waals surface area contributed by atoms with Crippen molar-refractivity contribution >= 4 is 32.4 Å². The molecule has 2 heterocycles. The Bertz CT molecular complexity index is 526. The van der Waals surface area contributed by atoms with Gasteiger partial charge in [0.05, 0.1) is 10.2 Å². The molecule has 3 nitrogen and oxygen atoms in total. The molecule has 1 aromatic carbocycles. The first kappa shape index (κ1) is 10.8. The number of nitrogens with zero attached hydrogens (tertiary/aromatic N) is 2. The summed E-state index contributed by atoms with van der Waals surface area (Å²) in [6, 6.07) is 6.46. The lowest BCUT2D eigenvalue weighted by Gasteiger charge is -2.32. The second-order valence-electron chi connectivity index (χ2n) is 4.87. The number of nitrogen functional groups attached to an aromatic ring is 1. The van der Waals surface area contributed by atoms with Crippen LogP contribution in [0.2, 0.25) is 0 Å². The molecule has 90 valence electrons. The minimum Gasteiger partial charge on any atom is -0.375 e. The van der Waals surface area contributed by atoms with Crippen LogP contribution < -0.4 is 10.6 Å². The van der Waals surface area contributed by atoms with Crippen molar-refractivity contribution in [3.05, 3.63) is 18.2 Å². The topological polar surface area (TPSA) is 42.2 Å². The van der Waals surface area contributed by atoms with Gasteiger partial charge in [0, 0.05) is 18.8 Å². The van der Waals surface area contributed by atoms with Crippen LogP contribution in [0.1, 0.15) is 19.8 Å². The standard InChI is InChI=1S/C13H17N3S/c1-9-4-6-16(7-5-9)10-2-3-11-12(8-10)17-13(14)15-11/h2-3,8-9H,4-7H2,1H3,(H2,14,15). The number of hydrogen-bond acceptors (Lipinski definition) is 4. The fraction of sp³-hybridized carbons (Fsp3) is 0.462. The molecule has 0 spiro atoms. The van der Waals surface area contributed by atoms with Crippen LogP contribution in [0.15, 0.2) is 18.2 Å². The van der Waals surface area contributed by atoms with Crippen molar-refractivity contribution in [3.63, 3.8) is 0 Å². The lowest BCUT2D eigenvalue weighted by atomic mass is 9.99. The molecule has 1 saturated heterocycles. The van der Waals surface area contributed by atoms with Crippen molar-refractivity contribution in [2.75, 3.05) is 23.7 Å². The van der Waals surface area contributed by atoms with Crippen molar-refractivity contribution in [1.29, 1.82) is 0 Å². The highest BCUT2D eigenvalue weighted by Crippen LogP contribution is 2.30. The van der Waals surface area contributed by atoms with Gasteiger partial charge in [-0.1, -0.05) is 18.3 Å². The summed E-state index contributed by atoms with van der Waals surface area (Å²) in [5.41, 5.74) is 8.06. The quantitative estimate of drug-likeness (QED) is 0.842. The molecule has 0 radical (unpaired) electrons. The Kier molecular flexibility index (Phi) is 2.67. The van der Waals surface area contributed by atoms with E-state index in [9.17, 15) is 0 Å². The van der Waals surface area contributed by atoms with E-state index in [1.807, 2.05) is 0 Å². The molecule has 1 aromatic heterocycles. The van der Waals surface area contributed by atoms with Crippen molar-refractivity contribution in [1.82, 2.24) is 4.98 Å². The maximum Gasteiger partial charge on any atom is 0.181 e. The van der Waals surface area contributed by atoms with E-state index in [-0.39, 0.29) is 0 Å². The molecule has 17 heavy (non-hydrogen) atoms. The van der Waals surface area contributed by atoms with Gasteiger partial charge in [-0.15, -0.1) is 0 Å². The third kappa shape index (κ3) is 2.09. The molecule has 0 amide bonds. The number of thiazole rings is 1. The highest BCUT2D eigenvalue weighted by molar-refractivity contribution is 7.22. The molecule has 0 aliphatic carbocycles. The van der Waals surface area contributed by atoms with Crippen LogP contribution in [0, 0.1) is 5.92 Å². The third-order valence-electron chi connectivity index (χ3n) is 3.54. The minimum atomic E-state index is 0.657. The fourth-order valence-electron chi connectivity index (χ4n) is 2.39. The molecule has 1 aliphatic heterocycles. The van der Waals surface area contributed by atoms with Gasteiger partial charge in [0.1, 0.15) is 0 Å². The second-order valence-corrected chi connectivity index (χ2v) is 5.94. The van der Waals surface area contributed by atoms with Crippen molar-refractivity contribution < 1.29 is 0 Å². The average Bonchev–Trinajstić information content (AvgIpc) is 2.69. The fourth-order valence-corrected chi connectivity index (χ4v) is 3.16. The Labute approximate surface area is 105 Å². The van der Waals surface area contributed by atoms with Gasteiger partial charge in [-0.05, 0) is 37.0 Å². The van der Waals surface area contributed by atoms with E-state index in [2.05, 4.69) is 35.0 Å². The van der Waals surface area contributed by atoms with Gasteiger partial charge in [-0.25, -0.2) is 4.98 Å². The van der Waals surface area contributed by atoms with E-state index in [1.54, 1.807) is 11.3 Å². The summed E-state index contributed by atoms with van der Waals surface area (Å²) in [4.78, 5) is 6.76. The smallest absolute Gasteiger partial charge is 0.181 e. The van der Waals surface area contributed by atoms with Gasteiger partial charge in [0.25, 0.3) is 0 Å². The van der Waals surface area contributed by atoms with Gasteiger partial charge in [-0.2, -0.15) is 0 Å². The molecule has 0 unspecified atom stereocenters. The van der Waals surface area contributed by atoms with Crippen LogP contribution in [0.5, 0.6) is 0 Å². The van der Waals surface area contributed by atoms with Crippen LogP contribution >= 0.6 is 11.3 Å². The maximum atomic E-state index is 5.73. The molecule has 2 N–H and O–H groups in total. The molecular formula is C13H17N3S. The van der Waals surface area contributed by atoms with E-state index < -0.39 is 0 Å². The number of fused-ring (bicyclic) bond motifs is 1. The first-order valence-corrected chi connectivity index (χ1v) is 6.95. The van der Waals surface area contributed by atoms with E-state index in [0.29, 0.717) is 5.13 Å². The average molecular weight is 247 g/mol. The zero-order valence-electron chi connectivity index (χ0n) is 10.0. The Morgan fingerprint density at radius 2 is 2.12 bits per heavy atom. The van der Waals surface area contributed by atoms with Crippen LogP contribution in [0.3, 0.4) is 0 Å². The molecular weight excluding hydrogens is 230 g/mol. The van der Waals surface area contributed by atoms with Gasteiger partial charge in [-0.3, -0.25) is 0 Å². The molecule has 3 rings (SSSR count). The Hall–Kier alpha value is -1.29. The summed E-state index contributed by atoms with van der Waals surface area (Å²) in [6.07, 6.45) is 2.59. The van der Waals surface area contributed by atoms with Crippen molar-refractivity contribution in [2.45, 2.75) is 19.8 Å². The van der Waals surface area contributed by atoms with Gasteiger partial charge < -0.3 is 10.6 Å². The summed E-state index contributed by atoms with van der Waals surface area (Å²) >= 11 is 1.57. The molecule has 0 saturated carbocycles. The Balaban J connectivity index is 1.89. The molecule has 4 heteroatoms. The van der Waals surface area contributed by atoms with Crippen LogP contribution in [-0.2, 0) is 0 Å². The Morgan fingerprint density at radius 1 is 1.35 bits per heavy atom. The summed E-state index contributed by atoms with van der Waals surface area (Å²) in [5, 5.41) is 0.657. The van der Waals surface area contributed by atoms with E-state index in [1.165, 1.54) is 36.3 Å². The third-order valence-corrected chi connectivity index (χ3v) is 4.38. The number of piperidine rings is 1. The Morgan fingerprint density at radius 3 is 2.88 bits per heavy atom.